The number of carbonyl (C=O) groups excluding carboxylic acids is 2. The molecule has 0 unspecified atom stereocenters. The fraction of sp³-hybridized carbons (Fsp3) is 0.361. The van der Waals surface area contributed by atoms with Gasteiger partial charge in [-0.25, -0.2) is 0 Å². The van der Waals surface area contributed by atoms with E-state index in [-0.39, 0.29) is 69.3 Å². The molecule has 0 aliphatic heterocycles. The maximum absolute atomic E-state index is 15.1. The van der Waals surface area contributed by atoms with Crippen LogP contribution in [-0.2, 0) is 38.9 Å². The van der Waals surface area contributed by atoms with E-state index in [0.717, 1.165) is 55.6 Å². The Bertz CT molecular complexity index is 2810. The van der Waals surface area contributed by atoms with Crippen molar-refractivity contribution in [2.24, 2.45) is 0 Å². The summed E-state index contributed by atoms with van der Waals surface area (Å²) in [6, 6.07) is 35.7. The molecule has 0 saturated heterocycles. The zero-order chi connectivity index (χ0) is 60.3. The number of aliphatic hydroxyl groups is 6. The van der Waals surface area contributed by atoms with Crippen LogP contribution in [0.1, 0.15) is 76.4 Å². The van der Waals surface area contributed by atoms with Gasteiger partial charge in [-0.2, -0.15) is 0 Å². The van der Waals surface area contributed by atoms with E-state index < -0.39 is 19.8 Å². The molecule has 6 aromatic rings. The number of hydrogen-bond acceptors (Lipinski definition) is 13. The third kappa shape index (κ3) is 20.6. The van der Waals surface area contributed by atoms with E-state index in [1.807, 2.05) is 75.6 Å². The molecule has 0 aliphatic rings. The van der Waals surface area contributed by atoms with Crippen LogP contribution in [0.15, 0.2) is 121 Å². The van der Waals surface area contributed by atoms with Crippen LogP contribution in [0.3, 0.4) is 0 Å². The van der Waals surface area contributed by atoms with Gasteiger partial charge in [-0.05, 0) is 97.2 Å². The predicted octanol–water partition coefficient (Wildman–Crippen LogP) is 10.2. The molecule has 21 heteroatoms. The molecule has 0 aromatic heterocycles. The van der Waals surface area contributed by atoms with E-state index >= 15 is 4.57 Å². The summed E-state index contributed by atoms with van der Waals surface area (Å²) >= 11 is 19.8. The average Bonchev–Trinajstić information content (AvgIpc) is 3.46. The van der Waals surface area contributed by atoms with Gasteiger partial charge in [0.2, 0.25) is 25.3 Å². The number of rotatable bonds is 26. The molecule has 0 radical (unpaired) electrons. The summed E-state index contributed by atoms with van der Waals surface area (Å²) in [5.74, 6) is 0.534. The van der Waals surface area contributed by atoms with Crippen molar-refractivity contribution in [2.75, 3.05) is 78.9 Å². The van der Waals surface area contributed by atoms with Crippen molar-refractivity contribution < 1.29 is 54.3 Å². The zero-order valence-corrected chi connectivity index (χ0v) is 59.0. The minimum absolute atomic E-state index is 0. The van der Waals surface area contributed by atoms with Gasteiger partial charge in [-0.3, -0.25) is 19.4 Å². The van der Waals surface area contributed by atoms with Gasteiger partial charge in [0.25, 0.3) is 0 Å². The van der Waals surface area contributed by atoms with Crippen molar-refractivity contribution in [3.8, 4) is 0 Å². The Labute approximate surface area is 534 Å². The first-order valence-electron chi connectivity index (χ1n) is 26.2. The summed E-state index contributed by atoms with van der Waals surface area (Å²) in [4.78, 5) is 32.3. The molecule has 6 aromatic carbocycles. The number of alkyl halides is 2. The Morgan fingerprint density at radius 3 is 0.890 bits per heavy atom. The Balaban J connectivity index is 0.000000485. The van der Waals surface area contributed by atoms with Crippen LogP contribution < -0.4 is 26.5 Å². The Morgan fingerprint density at radius 2 is 0.671 bits per heavy atom. The van der Waals surface area contributed by atoms with Crippen molar-refractivity contribution in [3.05, 3.63) is 196 Å². The second kappa shape index (κ2) is 39.8. The fourth-order valence-electron chi connectivity index (χ4n) is 9.64. The molecule has 0 aliphatic carbocycles. The van der Waals surface area contributed by atoms with Gasteiger partial charge in [0.1, 0.15) is 0 Å². The maximum atomic E-state index is 15.1. The summed E-state index contributed by atoms with van der Waals surface area (Å²) in [5, 5.41) is 59.6. The van der Waals surface area contributed by atoms with Gasteiger partial charge in [0, 0.05) is 96.5 Å². The van der Waals surface area contributed by atoms with Crippen LogP contribution in [0.2, 0.25) is 0 Å². The van der Waals surface area contributed by atoms with E-state index in [1.165, 1.54) is 0 Å². The van der Waals surface area contributed by atoms with E-state index in [1.54, 1.807) is 97.1 Å². The molecular formula is C61H80Cl2I3N3O10P2V-. The predicted molar refractivity (Wildman–Crippen MR) is 363 cm³/mol. The summed E-state index contributed by atoms with van der Waals surface area (Å²) in [7, 11) is -7.38. The van der Waals surface area contributed by atoms with Crippen LogP contribution in [0.25, 0.3) is 0 Å². The number of nitrogens with one attached hydrogen (secondary N) is 1. The van der Waals surface area contributed by atoms with Crippen molar-refractivity contribution in [1.82, 2.24) is 15.1 Å². The molecule has 0 amide bonds. The number of carbonyl (C=O) groups is 2. The molecule has 0 bridgehead atoms. The number of aliphatic hydroxyl groups excluding tert-OH is 6. The minimum atomic E-state index is -3.79. The quantitative estimate of drug-likeness (QED) is 0.00888. The van der Waals surface area contributed by atoms with Crippen LogP contribution in [0.5, 0.6) is 0 Å². The van der Waals surface area contributed by atoms with Crippen LogP contribution >= 0.6 is 97.4 Å². The second-order valence-corrected chi connectivity index (χ2v) is 59.9. The van der Waals surface area contributed by atoms with Crippen LogP contribution in [0, 0.1) is 49.0 Å². The van der Waals surface area contributed by atoms with Gasteiger partial charge >= 0.3 is 64.9 Å². The summed E-state index contributed by atoms with van der Waals surface area (Å²) < 4.78 is 29.6. The Hall–Kier alpha value is -1.89. The van der Waals surface area contributed by atoms with Crippen LogP contribution in [-0.4, -0.2) is 130 Å². The molecule has 13 nitrogen and oxygen atoms in total. The molecular weight excluding hydrogens is 1500 g/mol. The van der Waals surface area contributed by atoms with E-state index in [4.69, 9.17) is 33.4 Å². The first kappa shape index (κ1) is 76.2. The first-order valence-corrected chi connectivity index (χ1v) is 44.2. The van der Waals surface area contributed by atoms with Gasteiger partial charge in [-0.15, -0.1) is 23.2 Å². The molecule has 450 valence electrons. The topological polar surface area (TPSA) is 208 Å². The molecule has 0 saturated carbocycles. The summed E-state index contributed by atoms with van der Waals surface area (Å²) in [5.41, 5.74) is 8.50. The second-order valence-electron chi connectivity index (χ2n) is 18.7. The number of halogens is 5. The van der Waals surface area contributed by atoms with Gasteiger partial charge in [0.15, 0.2) is 0 Å². The van der Waals surface area contributed by atoms with Crippen molar-refractivity contribution >= 4 is 130 Å². The average molecular weight is 1580 g/mol. The van der Waals surface area contributed by atoms with Crippen molar-refractivity contribution in [1.29, 1.82) is 0 Å². The third-order valence-electron chi connectivity index (χ3n) is 13.9. The van der Waals surface area contributed by atoms with Gasteiger partial charge in [-0.1, -0.05) is 121 Å². The number of hydrogen-bond donors (Lipinski definition) is 7. The Morgan fingerprint density at radius 1 is 0.439 bits per heavy atom. The van der Waals surface area contributed by atoms with Gasteiger partial charge < -0.3 is 52.5 Å². The van der Waals surface area contributed by atoms with E-state index in [9.17, 15) is 34.6 Å². The first-order chi connectivity index (χ1) is 38.8. The normalized spacial score (nSPS) is 11.3. The molecule has 0 heterocycles. The molecule has 82 heavy (non-hydrogen) atoms. The van der Waals surface area contributed by atoms with Gasteiger partial charge in [0.05, 0.1) is 39.6 Å². The summed E-state index contributed by atoms with van der Waals surface area (Å²) in [6.07, 6.45) is 0. The van der Waals surface area contributed by atoms with Crippen molar-refractivity contribution in [3.63, 3.8) is 0 Å². The van der Waals surface area contributed by atoms with E-state index in [0.29, 0.717) is 84.7 Å². The zero-order valence-electron chi connectivity index (χ0n) is 47.8. The fourth-order valence-corrected chi connectivity index (χ4v) is 15.6. The van der Waals surface area contributed by atoms with Crippen molar-refractivity contribution in [2.45, 2.75) is 66.4 Å². The molecule has 0 fully saturated rings. The standard InChI is InChI=1S/C32H43N2O6P.C24H23Cl2O2P.C4H11NO2.CH3.3HI.V/c1-24-29(22-33(14-18-35)15-19-36)25(2)31(26(3)30(24)23-34(16-20-37)17-21-38)32(39)41(40,27-10-6-4-7-11-27)28-12-8-5-9-13-28;1-16-21(14-25)17(2)23(18(3)22(16)15-26)24(27)29(28,19-10-6-4-7-11-19)20-12-8-5-9-13-20;6-3-1-5-2-4-7;;;;;/h4-13,35-38H,14-23H2,1-3H3;4-13H,14-15H2,1-3H3;5-7H,1-4H2;1H3;3*1H;/q;;;-1;;;;+3/p-3. The number of benzene rings is 6. The number of nitrogens with zero attached hydrogens (tertiary/aromatic N) is 2. The third-order valence-corrected chi connectivity index (χ3v) is 20.1. The monoisotopic (exact) mass is 1580 g/mol. The Kier molecular flexibility index (Phi) is 37.0. The summed E-state index contributed by atoms with van der Waals surface area (Å²) in [6.45, 7) is 14.7. The molecule has 7 N–H and O–H groups in total. The molecule has 0 atom stereocenters. The molecule has 0 spiro atoms. The molecule has 6 rings (SSSR count). The van der Waals surface area contributed by atoms with E-state index in [2.05, 4.69) is 65.3 Å². The SMILES string of the molecule is Cc1c(CCl)c(C)c(C(=O)P(=O)(c2ccccc2)c2ccccc2)c(C)c1CCl.Cc1c(CN(CCO)CCO)c(C)c(C(=O)P(=O)(c2ccccc2)c2ccccc2)c(C)c1CN(CCO)CCO.OCCNCCO.[CH3-].[I][V]([I])[I]. The van der Waals surface area contributed by atoms with Crippen LogP contribution in [0.4, 0.5) is 0 Å².